The number of fused-ring (bicyclic) bond motifs is 1. The second-order valence-electron chi connectivity index (χ2n) is 4.71. The summed E-state index contributed by atoms with van der Waals surface area (Å²) in [6, 6.07) is 8.60. The van der Waals surface area contributed by atoms with E-state index in [1.54, 1.807) is 12.1 Å². The van der Waals surface area contributed by atoms with Crippen LogP contribution < -0.4 is 4.74 Å². The largest absolute Gasteiger partial charge is 0.485 e. The molecule has 2 atom stereocenters. The Labute approximate surface area is 123 Å². The number of ether oxygens (including phenoxy) is 1. The van der Waals surface area contributed by atoms with Gasteiger partial charge in [-0.2, -0.15) is 0 Å². The predicted molar refractivity (Wildman–Crippen MR) is 73.4 cm³/mol. The molecule has 0 saturated carbocycles. The molecule has 0 saturated heterocycles. The molecule has 1 heterocycles. The summed E-state index contributed by atoms with van der Waals surface area (Å²) in [5.41, 5.74) is 1.30. The minimum atomic E-state index is -0.729. The highest BCUT2D eigenvalue weighted by atomic mass is 79.9. The fourth-order valence-corrected chi connectivity index (χ4v) is 2.73. The van der Waals surface area contributed by atoms with Gasteiger partial charge in [0.2, 0.25) is 0 Å². The first-order valence-corrected chi connectivity index (χ1v) is 6.93. The van der Waals surface area contributed by atoms with E-state index in [1.165, 1.54) is 24.3 Å². The molecule has 5 heteroatoms. The van der Waals surface area contributed by atoms with E-state index >= 15 is 0 Å². The lowest BCUT2D eigenvalue weighted by atomic mass is 9.95. The lowest BCUT2D eigenvalue weighted by Crippen LogP contribution is -2.19. The molecule has 0 amide bonds. The Hall–Kier alpha value is -1.46. The molecular weight excluding hydrogens is 330 g/mol. The molecule has 2 aromatic carbocycles. The quantitative estimate of drug-likeness (QED) is 0.839. The van der Waals surface area contributed by atoms with Crippen molar-refractivity contribution in [3.8, 4) is 5.75 Å². The average molecular weight is 341 g/mol. The maximum Gasteiger partial charge on any atom is 0.137 e. The molecule has 0 radical (unpaired) electrons. The average Bonchev–Trinajstić information content (AvgIpc) is 2.41. The summed E-state index contributed by atoms with van der Waals surface area (Å²) >= 11 is 3.12. The number of benzene rings is 2. The van der Waals surface area contributed by atoms with Crippen molar-refractivity contribution in [2.75, 3.05) is 0 Å². The Balaban J connectivity index is 1.96. The molecule has 3 rings (SSSR count). The minimum absolute atomic E-state index is 0.328. The number of rotatable bonds is 1. The molecule has 2 unspecified atom stereocenters. The number of halogens is 3. The zero-order valence-corrected chi connectivity index (χ0v) is 11.9. The Morgan fingerprint density at radius 1 is 1.15 bits per heavy atom. The number of hydrogen-bond donors (Lipinski definition) is 1. The fourth-order valence-electron chi connectivity index (χ4n) is 2.33. The maximum atomic E-state index is 13.2. The van der Waals surface area contributed by atoms with E-state index < -0.39 is 18.0 Å². The van der Waals surface area contributed by atoms with Crippen molar-refractivity contribution >= 4 is 15.9 Å². The van der Waals surface area contributed by atoms with Crippen molar-refractivity contribution in [1.29, 1.82) is 0 Å². The Morgan fingerprint density at radius 2 is 1.95 bits per heavy atom. The van der Waals surface area contributed by atoms with Gasteiger partial charge in [-0.05, 0) is 45.8 Å². The predicted octanol–water partition coefficient (Wildman–Crippen LogP) is 4.28. The van der Waals surface area contributed by atoms with Crippen molar-refractivity contribution < 1.29 is 18.6 Å². The maximum absolute atomic E-state index is 13.2. The molecule has 20 heavy (non-hydrogen) atoms. The summed E-state index contributed by atoms with van der Waals surface area (Å²) in [5.74, 6) is -0.456. The molecule has 0 spiro atoms. The zero-order valence-electron chi connectivity index (χ0n) is 10.3. The SMILES string of the molecule is OC1CC(c2ccc(F)c(Br)c2)Oc2cc(F)ccc21. The normalized spacial score (nSPS) is 21.2. The van der Waals surface area contributed by atoms with E-state index in [4.69, 9.17) is 4.74 Å². The molecule has 2 nitrogen and oxygen atoms in total. The van der Waals surface area contributed by atoms with Crippen LogP contribution in [-0.2, 0) is 0 Å². The molecule has 0 aliphatic carbocycles. The van der Waals surface area contributed by atoms with Gasteiger partial charge in [0, 0.05) is 18.1 Å². The fraction of sp³-hybridized carbons (Fsp3) is 0.200. The van der Waals surface area contributed by atoms with Crippen molar-refractivity contribution in [3.05, 3.63) is 63.6 Å². The smallest absolute Gasteiger partial charge is 0.137 e. The summed E-state index contributed by atoms with van der Waals surface area (Å²) in [6.07, 6.45) is -0.819. The van der Waals surface area contributed by atoms with Gasteiger partial charge in [-0.15, -0.1) is 0 Å². The molecule has 2 aromatic rings. The van der Waals surface area contributed by atoms with Gasteiger partial charge in [0.1, 0.15) is 23.5 Å². The molecular formula is C15H11BrF2O2. The van der Waals surface area contributed by atoms with Gasteiger partial charge >= 0.3 is 0 Å². The first-order chi connectivity index (χ1) is 9.54. The molecule has 1 N–H and O–H groups in total. The van der Waals surface area contributed by atoms with E-state index in [0.29, 0.717) is 22.2 Å². The highest BCUT2D eigenvalue weighted by molar-refractivity contribution is 9.10. The van der Waals surface area contributed by atoms with Gasteiger partial charge in [-0.1, -0.05) is 6.07 Å². The van der Waals surface area contributed by atoms with Gasteiger partial charge < -0.3 is 9.84 Å². The van der Waals surface area contributed by atoms with Gasteiger partial charge in [-0.25, -0.2) is 8.78 Å². The third-order valence-corrected chi connectivity index (χ3v) is 3.96. The van der Waals surface area contributed by atoms with E-state index in [0.717, 1.165) is 5.56 Å². The molecule has 0 fully saturated rings. The minimum Gasteiger partial charge on any atom is -0.485 e. The monoisotopic (exact) mass is 340 g/mol. The molecule has 0 aromatic heterocycles. The van der Waals surface area contributed by atoms with Crippen LogP contribution in [0, 0.1) is 11.6 Å². The standard InChI is InChI=1S/C15H11BrF2O2/c16-11-5-8(1-4-12(11)18)14-7-13(19)10-3-2-9(17)6-15(10)20-14/h1-6,13-14,19H,7H2. The molecule has 1 aliphatic heterocycles. The number of aliphatic hydroxyl groups is 1. The van der Waals surface area contributed by atoms with Crippen molar-refractivity contribution in [3.63, 3.8) is 0 Å². The molecule has 0 bridgehead atoms. The highest BCUT2D eigenvalue weighted by Gasteiger charge is 2.28. The number of hydrogen-bond acceptors (Lipinski definition) is 2. The second kappa shape index (κ2) is 5.14. The van der Waals surface area contributed by atoms with Crippen LogP contribution in [0.4, 0.5) is 8.78 Å². The second-order valence-corrected chi connectivity index (χ2v) is 5.57. The first kappa shape index (κ1) is 13.5. The van der Waals surface area contributed by atoms with Crippen molar-refractivity contribution in [1.82, 2.24) is 0 Å². The molecule has 1 aliphatic rings. The first-order valence-electron chi connectivity index (χ1n) is 6.13. The van der Waals surface area contributed by atoms with E-state index in [9.17, 15) is 13.9 Å². The summed E-state index contributed by atoms with van der Waals surface area (Å²) in [6.45, 7) is 0. The molecule has 104 valence electrons. The summed E-state index contributed by atoms with van der Waals surface area (Å²) in [7, 11) is 0. The van der Waals surface area contributed by atoms with Gasteiger partial charge in [0.15, 0.2) is 0 Å². The van der Waals surface area contributed by atoms with Crippen LogP contribution in [-0.4, -0.2) is 5.11 Å². The summed E-state index contributed by atoms with van der Waals surface area (Å²) in [4.78, 5) is 0. The number of aliphatic hydroxyl groups excluding tert-OH is 1. The van der Waals surface area contributed by atoms with E-state index in [-0.39, 0.29) is 5.82 Å². The lowest BCUT2D eigenvalue weighted by molar-refractivity contribution is 0.0653. The van der Waals surface area contributed by atoms with Gasteiger partial charge in [0.25, 0.3) is 0 Å². The van der Waals surface area contributed by atoms with E-state index in [2.05, 4.69) is 15.9 Å². The lowest BCUT2D eigenvalue weighted by Gasteiger charge is -2.30. The Bertz CT molecular complexity index is 660. The Kier molecular flexibility index (Phi) is 3.48. The topological polar surface area (TPSA) is 29.5 Å². The highest BCUT2D eigenvalue weighted by Crippen LogP contribution is 2.41. The van der Waals surface area contributed by atoms with Gasteiger partial charge in [-0.3, -0.25) is 0 Å². The van der Waals surface area contributed by atoms with Crippen LogP contribution >= 0.6 is 15.9 Å². The van der Waals surface area contributed by atoms with Crippen LogP contribution in [0.1, 0.15) is 29.8 Å². The van der Waals surface area contributed by atoms with Crippen LogP contribution in [0.2, 0.25) is 0 Å². The Morgan fingerprint density at radius 3 is 2.70 bits per heavy atom. The van der Waals surface area contributed by atoms with Crippen LogP contribution in [0.3, 0.4) is 0 Å². The zero-order chi connectivity index (χ0) is 14.3. The van der Waals surface area contributed by atoms with Crippen LogP contribution in [0.15, 0.2) is 40.9 Å². The third-order valence-electron chi connectivity index (χ3n) is 3.36. The van der Waals surface area contributed by atoms with Crippen molar-refractivity contribution in [2.45, 2.75) is 18.6 Å². The summed E-state index contributed by atoms with van der Waals surface area (Å²) in [5, 5.41) is 10.1. The van der Waals surface area contributed by atoms with Crippen molar-refractivity contribution in [2.24, 2.45) is 0 Å². The van der Waals surface area contributed by atoms with Crippen LogP contribution in [0.5, 0.6) is 5.75 Å². The van der Waals surface area contributed by atoms with Gasteiger partial charge in [0.05, 0.1) is 10.6 Å². The summed E-state index contributed by atoms with van der Waals surface area (Å²) < 4.78 is 32.5. The van der Waals surface area contributed by atoms with Crippen LogP contribution in [0.25, 0.3) is 0 Å². The third kappa shape index (κ3) is 2.43. The van der Waals surface area contributed by atoms with E-state index in [1.807, 2.05) is 0 Å².